The average molecular weight is 270 g/mol. The van der Waals surface area contributed by atoms with Crippen molar-refractivity contribution in [2.75, 3.05) is 26.7 Å². The molecule has 0 amide bonds. The molecule has 1 heterocycles. The summed E-state index contributed by atoms with van der Waals surface area (Å²) in [4.78, 5) is 13.8. The monoisotopic (exact) mass is 270 g/mol. The van der Waals surface area contributed by atoms with E-state index in [4.69, 9.17) is 4.74 Å². The molecule has 2 aliphatic rings. The third-order valence-corrected chi connectivity index (χ3v) is 4.34. The Labute approximate surface area is 115 Å². The molecule has 1 saturated carbocycles. The van der Waals surface area contributed by atoms with Crippen molar-refractivity contribution < 1.29 is 14.6 Å². The van der Waals surface area contributed by atoms with E-state index in [1.165, 1.54) is 0 Å². The number of likely N-dealkylation sites (tertiary alicyclic amines) is 1. The zero-order valence-electron chi connectivity index (χ0n) is 12.2. The predicted molar refractivity (Wildman–Crippen MR) is 73.3 cm³/mol. The van der Waals surface area contributed by atoms with Gasteiger partial charge in [-0.25, -0.2) is 0 Å². The van der Waals surface area contributed by atoms with Crippen LogP contribution in [-0.2, 0) is 9.53 Å². The van der Waals surface area contributed by atoms with Gasteiger partial charge in [0.05, 0.1) is 5.60 Å². The standard InChI is InChI=1S/C14H26N2O3/c1-13(19-3)7-4-8-16(9-13)10-14(2,12(17)18)15-11-5-6-11/h11,15H,4-10H2,1-3H3,(H,17,18). The third-order valence-electron chi connectivity index (χ3n) is 4.34. The molecule has 0 bridgehead atoms. The van der Waals surface area contributed by atoms with Crippen molar-refractivity contribution in [3.63, 3.8) is 0 Å². The van der Waals surface area contributed by atoms with Crippen LogP contribution in [0.5, 0.6) is 0 Å². The minimum atomic E-state index is -0.854. The van der Waals surface area contributed by atoms with E-state index in [1.807, 2.05) is 0 Å². The van der Waals surface area contributed by atoms with Crippen LogP contribution in [0.25, 0.3) is 0 Å². The lowest BCUT2D eigenvalue weighted by Crippen LogP contribution is -2.60. The Kier molecular flexibility index (Phi) is 4.18. The van der Waals surface area contributed by atoms with Crippen LogP contribution in [0.3, 0.4) is 0 Å². The normalized spacial score (nSPS) is 31.9. The highest BCUT2D eigenvalue weighted by Gasteiger charge is 2.42. The highest BCUT2D eigenvalue weighted by atomic mass is 16.5. The number of hydrogen-bond donors (Lipinski definition) is 2. The van der Waals surface area contributed by atoms with Gasteiger partial charge < -0.3 is 9.84 Å². The van der Waals surface area contributed by atoms with Crippen molar-refractivity contribution in [2.45, 2.75) is 56.7 Å². The highest BCUT2D eigenvalue weighted by Crippen LogP contribution is 2.27. The molecule has 0 aromatic rings. The Morgan fingerprint density at radius 2 is 2.26 bits per heavy atom. The third kappa shape index (κ3) is 3.68. The number of aliphatic carboxylic acids is 1. The van der Waals surface area contributed by atoms with Gasteiger partial charge >= 0.3 is 5.97 Å². The van der Waals surface area contributed by atoms with Crippen LogP contribution in [0, 0.1) is 0 Å². The van der Waals surface area contributed by atoms with Gasteiger partial charge in [-0.2, -0.15) is 0 Å². The van der Waals surface area contributed by atoms with Crippen LogP contribution in [0.2, 0.25) is 0 Å². The number of ether oxygens (including phenoxy) is 1. The number of carbonyl (C=O) groups is 1. The molecule has 19 heavy (non-hydrogen) atoms. The molecule has 5 heteroatoms. The number of carboxylic acid groups (broad SMARTS) is 1. The fraction of sp³-hybridized carbons (Fsp3) is 0.929. The zero-order valence-corrected chi connectivity index (χ0v) is 12.2. The molecule has 0 spiro atoms. The van der Waals surface area contributed by atoms with Crippen molar-refractivity contribution in [3.8, 4) is 0 Å². The number of rotatable bonds is 6. The van der Waals surface area contributed by atoms with Crippen LogP contribution < -0.4 is 5.32 Å². The van der Waals surface area contributed by atoms with Gasteiger partial charge in [-0.15, -0.1) is 0 Å². The molecule has 0 aromatic carbocycles. The quantitative estimate of drug-likeness (QED) is 0.756. The second-order valence-corrected chi connectivity index (χ2v) is 6.52. The van der Waals surface area contributed by atoms with E-state index in [1.54, 1.807) is 14.0 Å². The summed E-state index contributed by atoms with van der Waals surface area (Å²) >= 11 is 0. The van der Waals surface area contributed by atoms with Crippen LogP contribution in [0.4, 0.5) is 0 Å². The molecule has 2 N–H and O–H groups in total. The lowest BCUT2D eigenvalue weighted by molar-refractivity contribution is -0.146. The number of nitrogens with zero attached hydrogens (tertiary/aromatic N) is 1. The second kappa shape index (κ2) is 5.38. The lowest BCUT2D eigenvalue weighted by atomic mass is 9.92. The summed E-state index contributed by atoms with van der Waals surface area (Å²) in [5.74, 6) is -0.760. The SMILES string of the molecule is COC1(C)CCCN(CC(C)(NC2CC2)C(=O)O)C1. The topological polar surface area (TPSA) is 61.8 Å². The maximum Gasteiger partial charge on any atom is 0.324 e. The molecule has 1 aliphatic carbocycles. The first-order valence-corrected chi connectivity index (χ1v) is 7.15. The van der Waals surface area contributed by atoms with E-state index >= 15 is 0 Å². The molecule has 5 nitrogen and oxygen atoms in total. The van der Waals surface area contributed by atoms with Gasteiger partial charge in [-0.1, -0.05) is 0 Å². The molecular formula is C14H26N2O3. The van der Waals surface area contributed by atoms with Gasteiger partial charge in [0.2, 0.25) is 0 Å². The van der Waals surface area contributed by atoms with Gasteiger partial charge in [0.1, 0.15) is 5.54 Å². The van der Waals surface area contributed by atoms with E-state index < -0.39 is 11.5 Å². The first-order chi connectivity index (χ1) is 8.87. The summed E-state index contributed by atoms with van der Waals surface area (Å²) < 4.78 is 5.57. The molecule has 2 fully saturated rings. The first-order valence-electron chi connectivity index (χ1n) is 7.15. The summed E-state index contributed by atoms with van der Waals surface area (Å²) in [6.45, 7) is 6.20. The Morgan fingerprint density at radius 3 is 2.79 bits per heavy atom. The number of piperidine rings is 1. The van der Waals surface area contributed by atoms with E-state index in [-0.39, 0.29) is 5.60 Å². The van der Waals surface area contributed by atoms with Gasteiger partial charge in [-0.05, 0) is 46.1 Å². The minimum absolute atomic E-state index is 0.142. The summed E-state index contributed by atoms with van der Waals surface area (Å²) in [6.07, 6.45) is 4.29. The molecular weight excluding hydrogens is 244 g/mol. The molecule has 0 radical (unpaired) electrons. The van der Waals surface area contributed by atoms with Crippen molar-refractivity contribution >= 4 is 5.97 Å². The number of nitrogens with one attached hydrogen (secondary N) is 1. The number of hydrogen-bond acceptors (Lipinski definition) is 4. The summed E-state index contributed by atoms with van der Waals surface area (Å²) in [7, 11) is 1.74. The van der Waals surface area contributed by atoms with E-state index in [2.05, 4.69) is 17.1 Å². The smallest absolute Gasteiger partial charge is 0.324 e. The van der Waals surface area contributed by atoms with E-state index in [9.17, 15) is 9.90 Å². The fourth-order valence-electron chi connectivity index (χ4n) is 2.91. The van der Waals surface area contributed by atoms with Gasteiger partial charge in [-0.3, -0.25) is 15.0 Å². The summed E-state index contributed by atoms with van der Waals surface area (Å²) in [6, 6.07) is 0.389. The van der Waals surface area contributed by atoms with Crippen molar-refractivity contribution in [1.82, 2.24) is 10.2 Å². The highest BCUT2D eigenvalue weighted by molar-refractivity contribution is 5.78. The van der Waals surface area contributed by atoms with Crippen LogP contribution in [-0.4, -0.2) is 59.9 Å². The van der Waals surface area contributed by atoms with Crippen molar-refractivity contribution in [1.29, 1.82) is 0 Å². The minimum Gasteiger partial charge on any atom is -0.480 e. The summed E-state index contributed by atoms with van der Waals surface area (Å²) in [5.41, 5.74) is -0.996. The average Bonchev–Trinajstić information content (AvgIpc) is 3.12. The fourth-order valence-corrected chi connectivity index (χ4v) is 2.91. The first kappa shape index (κ1) is 14.8. The largest absolute Gasteiger partial charge is 0.480 e. The Hall–Kier alpha value is -0.650. The molecule has 1 saturated heterocycles. The predicted octanol–water partition coefficient (Wildman–Crippen LogP) is 1.08. The van der Waals surface area contributed by atoms with Gasteiger partial charge in [0, 0.05) is 26.2 Å². The number of methoxy groups -OCH3 is 1. The number of carboxylic acids is 1. The Morgan fingerprint density at radius 1 is 1.58 bits per heavy atom. The van der Waals surface area contributed by atoms with Gasteiger partial charge in [0.25, 0.3) is 0 Å². The Balaban J connectivity index is 1.98. The molecule has 2 rings (SSSR count). The Bertz CT molecular complexity index is 346. The van der Waals surface area contributed by atoms with Crippen molar-refractivity contribution in [3.05, 3.63) is 0 Å². The second-order valence-electron chi connectivity index (χ2n) is 6.52. The molecule has 2 unspecified atom stereocenters. The maximum atomic E-state index is 11.6. The molecule has 0 aromatic heterocycles. The zero-order chi connectivity index (χ0) is 14.1. The van der Waals surface area contributed by atoms with Crippen molar-refractivity contribution in [2.24, 2.45) is 0 Å². The van der Waals surface area contributed by atoms with Crippen LogP contribution in [0.15, 0.2) is 0 Å². The summed E-state index contributed by atoms with van der Waals surface area (Å²) in [5, 5.41) is 12.8. The van der Waals surface area contributed by atoms with E-state index in [0.29, 0.717) is 12.6 Å². The molecule has 110 valence electrons. The van der Waals surface area contributed by atoms with Crippen LogP contribution in [0.1, 0.15) is 39.5 Å². The van der Waals surface area contributed by atoms with Crippen LogP contribution >= 0.6 is 0 Å². The van der Waals surface area contributed by atoms with Gasteiger partial charge in [0.15, 0.2) is 0 Å². The van der Waals surface area contributed by atoms with E-state index in [0.717, 1.165) is 38.8 Å². The molecule has 2 atom stereocenters. The molecule has 1 aliphatic heterocycles. The lowest BCUT2D eigenvalue weighted by Gasteiger charge is -2.42. The maximum absolute atomic E-state index is 11.6.